The average molecular weight is 531 g/mol. The normalized spacial score (nSPS) is 16.0. The Labute approximate surface area is 219 Å². The van der Waals surface area contributed by atoms with Crippen molar-refractivity contribution >= 4 is 5.91 Å². The fourth-order valence-electron chi connectivity index (χ4n) is 5.39. The first-order chi connectivity index (χ1) is 18.1. The predicted octanol–water partition coefficient (Wildman–Crippen LogP) is 7.02. The van der Waals surface area contributed by atoms with Crippen molar-refractivity contribution in [2.45, 2.75) is 50.2 Å². The zero-order valence-corrected chi connectivity index (χ0v) is 21.2. The summed E-state index contributed by atoms with van der Waals surface area (Å²) in [5, 5.41) is 3.01. The summed E-state index contributed by atoms with van der Waals surface area (Å²) in [7, 11) is 0. The van der Waals surface area contributed by atoms with Gasteiger partial charge in [0.25, 0.3) is 0 Å². The molecule has 1 aliphatic rings. The van der Waals surface area contributed by atoms with Crippen LogP contribution in [-0.2, 0) is 16.5 Å². The third-order valence-electron chi connectivity index (χ3n) is 7.40. The number of benzene rings is 3. The first-order valence-corrected chi connectivity index (χ1v) is 12.8. The number of likely N-dealkylation sites (tertiary alicyclic amines) is 1. The number of carbonyl (C=O) groups is 1. The second-order valence-electron chi connectivity index (χ2n) is 9.98. The van der Waals surface area contributed by atoms with E-state index in [1.807, 2.05) is 0 Å². The molecule has 8 heteroatoms. The van der Waals surface area contributed by atoms with E-state index in [0.29, 0.717) is 31.5 Å². The van der Waals surface area contributed by atoms with Crippen LogP contribution in [0.1, 0.15) is 60.8 Å². The monoisotopic (exact) mass is 530 g/mol. The molecule has 3 aromatic carbocycles. The highest BCUT2D eigenvalue weighted by atomic mass is 19.4. The maximum absolute atomic E-state index is 13.5. The average Bonchev–Trinajstić information content (AvgIpc) is 2.88. The Kier molecular flexibility index (Phi) is 8.51. The van der Waals surface area contributed by atoms with Crippen LogP contribution in [0.15, 0.2) is 72.8 Å². The van der Waals surface area contributed by atoms with E-state index in [-0.39, 0.29) is 23.5 Å². The molecule has 0 radical (unpaired) electrons. The zero-order chi connectivity index (χ0) is 27.3. The lowest BCUT2D eigenvalue weighted by atomic mass is 9.80. The first kappa shape index (κ1) is 27.8. The maximum Gasteiger partial charge on any atom is 0.416 e. The second-order valence-corrected chi connectivity index (χ2v) is 9.98. The Morgan fingerprint density at radius 1 is 0.868 bits per heavy atom. The van der Waals surface area contributed by atoms with Crippen LogP contribution >= 0.6 is 0 Å². The molecule has 0 atom stereocenters. The van der Waals surface area contributed by atoms with Gasteiger partial charge in [0, 0.05) is 25.9 Å². The lowest BCUT2D eigenvalue weighted by Crippen LogP contribution is -2.52. The highest BCUT2D eigenvalue weighted by Gasteiger charge is 2.38. The highest BCUT2D eigenvalue weighted by Crippen LogP contribution is 2.36. The summed E-state index contributed by atoms with van der Waals surface area (Å²) in [4.78, 5) is 14.3. The second kappa shape index (κ2) is 11.6. The number of hydrogen-bond donors (Lipinski definition) is 1. The third kappa shape index (κ3) is 6.78. The molecular weight excluding hydrogens is 499 g/mol. The molecule has 0 unspecified atom stereocenters. The van der Waals surface area contributed by atoms with Gasteiger partial charge in [0.05, 0.1) is 11.1 Å². The van der Waals surface area contributed by atoms with Crippen LogP contribution in [0.4, 0.5) is 22.0 Å². The number of carbonyl (C=O) groups excluding carboxylic acids is 1. The fourth-order valence-corrected chi connectivity index (χ4v) is 5.39. The summed E-state index contributed by atoms with van der Waals surface area (Å²) < 4.78 is 66.1. The Morgan fingerprint density at radius 3 is 1.82 bits per heavy atom. The van der Waals surface area contributed by atoms with E-state index in [0.717, 1.165) is 42.6 Å². The van der Waals surface area contributed by atoms with E-state index in [2.05, 4.69) is 10.2 Å². The molecule has 1 aliphatic heterocycles. The summed E-state index contributed by atoms with van der Waals surface area (Å²) in [6.45, 7) is 3.57. The van der Waals surface area contributed by atoms with Crippen molar-refractivity contribution in [3.63, 3.8) is 0 Å². The van der Waals surface area contributed by atoms with Crippen molar-refractivity contribution in [3.05, 3.63) is 107 Å². The van der Waals surface area contributed by atoms with Crippen LogP contribution in [0.2, 0.25) is 0 Å². The van der Waals surface area contributed by atoms with Crippen molar-refractivity contribution in [2.24, 2.45) is 0 Å². The smallest absolute Gasteiger partial charge is 0.347 e. The lowest BCUT2D eigenvalue weighted by molar-refractivity contribution is -0.137. The molecule has 3 aromatic rings. The number of amides is 1. The third-order valence-corrected chi connectivity index (χ3v) is 7.40. The van der Waals surface area contributed by atoms with E-state index in [9.17, 15) is 26.7 Å². The van der Waals surface area contributed by atoms with Gasteiger partial charge in [-0.3, -0.25) is 4.79 Å². The summed E-state index contributed by atoms with van der Waals surface area (Å²) in [5.74, 6) is -0.849. The molecule has 0 spiro atoms. The van der Waals surface area contributed by atoms with Gasteiger partial charge in [-0.1, -0.05) is 36.4 Å². The molecule has 1 heterocycles. The standard InChI is InChI=1S/C30H31F5N2O/c1-21(38)36-29(24-8-10-25(11-9-24)30(33,34)35)16-19-37(20-17-29)18-2-3-28(22-4-12-26(31)13-5-22)23-6-14-27(32)15-7-23/h4-15,28H,2-3,16-20H2,1H3,(H,36,38). The molecule has 0 bridgehead atoms. The van der Waals surface area contributed by atoms with Crippen molar-refractivity contribution < 1.29 is 26.7 Å². The van der Waals surface area contributed by atoms with Crippen LogP contribution in [0.3, 0.4) is 0 Å². The van der Waals surface area contributed by atoms with E-state index < -0.39 is 17.3 Å². The number of alkyl halides is 3. The summed E-state index contributed by atoms with van der Waals surface area (Å²) >= 11 is 0. The summed E-state index contributed by atoms with van der Waals surface area (Å²) in [6, 6.07) is 17.8. The zero-order valence-electron chi connectivity index (χ0n) is 21.2. The molecule has 0 aliphatic carbocycles. The van der Waals surface area contributed by atoms with Gasteiger partial charge >= 0.3 is 6.18 Å². The number of hydrogen-bond acceptors (Lipinski definition) is 2. The van der Waals surface area contributed by atoms with Crippen LogP contribution in [0.5, 0.6) is 0 Å². The largest absolute Gasteiger partial charge is 0.416 e. The summed E-state index contributed by atoms with van der Waals surface area (Å²) in [6.07, 6.45) is -1.63. The minimum absolute atomic E-state index is 0.00777. The molecule has 1 amide bonds. The fraction of sp³-hybridized carbons (Fsp3) is 0.367. The van der Waals surface area contributed by atoms with Gasteiger partial charge in [0.1, 0.15) is 11.6 Å². The molecule has 1 saturated heterocycles. The van der Waals surface area contributed by atoms with Crippen molar-refractivity contribution in [1.82, 2.24) is 10.2 Å². The van der Waals surface area contributed by atoms with Crippen LogP contribution in [0.25, 0.3) is 0 Å². The minimum atomic E-state index is -4.41. The van der Waals surface area contributed by atoms with E-state index >= 15 is 0 Å². The SMILES string of the molecule is CC(=O)NC1(c2ccc(C(F)(F)F)cc2)CCN(CCCC(c2ccc(F)cc2)c2ccc(F)cc2)CC1. The van der Waals surface area contributed by atoms with Gasteiger partial charge in [-0.15, -0.1) is 0 Å². The van der Waals surface area contributed by atoms with Crippen molar-refractivity contribution in [1.29, 1.82) is 0 Å². The number of rotatable bonds is 8. The molecule has 1 fully saturated rings. The molecule has 4 rings (SSSR count). The van der Waals surface area contributed by atoms with Gasteiger partial charge in [0.2, 0.25) is 5.91 Å². The molecule has 1 N–H and O–H groups in total. The maximum atomic E-state index is 13.5. The summed E-state index contributed by atoms with van der Waals surface area (Å²) in [5.41, 5.74) is 1.17. The van der Waals surface area contributed by atoms with E-state index in [4.69, 9.17) is 0 Å². The van der Waals surface area contributed by atoms with E-state index in [1.165, 1.54) is 43.3 Å². The Bertz CT molecular complexity index is 1150. The van der Waals surface area contributed by atoms with Gasteiger partial charge in [0.15, 0.2) is 0 Å². The molecule has 202 valence electrons. The predicted molar refractivity (Wildman–Crippen MR) is 136 cm³/mol. The molecule has 38 heavy (non-hydrogen) atoms. The van der Waals surface area contributed by atoms with Gasteiger partial charge in [-0.25, -0.2) is 8.78 Å². The molecule has 3 nitrogen and oxygen atoms in total. The van der Waals surface area contributed by atoms with Crippen molar-refractivity contribution in [3.8, 4) is 0 Å². The number of halogens is 5. The van der Waals surface area contributed by atoms with Crippen molar-refractivity contribution in [2.75, 3.05) is 19.6 Å². The Morgan fingerprint density at radius 2 is 1.37 bits per heavy atom. The molecule has 0 aromatic heterocycles. The van der Waals surface area contributed by atoms with Gasteiger partial charge < -0.3 is 10.2 Å². The topological polar surface area (TPSA) is 32.3 Å². The van der Waals surface area contributed by atoms with Crippen LogP contribution in [-0.4, -0.2) is 30.4 Å². The van der Waals surface area contributed by atoms with Crippen LogP contribution in [0, 0.1) is 11.6 Å². The quantitative estimate of drug-likeness (QED) is 0.318. The molecular formula is C30H31F5N2O. The number of piperidine rings is 1. The highest BCUT2D eigenvalue weighted by molar-refractivity contribution is 5.74. The van der Waals surface area contributed by atoms with E-state index in [1.54, 1.807) is 24.3 Å². The number of nitrogens with one attached hydrogen (secondary N) is 1. The lowest BCUT2D eigenvalue weighted by Gasteiger charge is -2.43. The van der Waals surface area contributed by atoms with Gasteiger partial charge in [-0.05, 0) is 85.3 Å². The van der Waals surface area contributed by atoms with Gasteiger partial charge in [-0.2, -0.15) is 13.2 Å². The van der Waals surface area contributed by atoms with Crippen LogP contribution < -0.4 is 5.32 Å². The Hall–Kier alpha value is -3.26. The minimum Gasteiger partial charge on any atom is -0.347 e. The number of nitrogens with zero attached hydrogens (tertiary/aromatic N) is 1. The Balaban J connectivity index is 1.41. The molecule has 0 saturated carbocycles. The first-order valence-electron chi connectivity index (χ1n) is 12.8.